The van der Waals surface area contributed by atoms with Gasteiger partial charge >= 0.3 is 0 Å². The second-order valence-electron chi connectivity index (χ2n) is 4.80. The summed E-state index contributed by atoms with van der Waals surface area (Å²) in [6.07, 6.45) is 0. The SMILES string of the molecule is Cc1ccc(NCC(C)(CO)CO)c(C)c1. The highest BCUT2D eigenvalue weighted by atomic mass is 16.3. The van der Waals surface area contributed by atoms with Crippen molar-refractivity contribution in [3.05, 3.63) is 29.3 Å². The van der Waals surface area contributed by atoms with Gasteiger partial charge in [0, 0.05) is 17.6 Å². The number of aliphatic hydroxyl groups excluding tert-OH is 2. The lowest BCUT2D eigenvalue weighted by molar-refractivity contribution is 0.0806. The van der Waals surface area contributed by atoms with E-state index in [1.165, 1.54) is 11.1 Å². The molecule has 0 heterocycles. The molecule has 0 aliphatic rings. The highest BCUT2D eigenvalue weighted by molar-refractivity contribution is 5.52. The van der Waals surface area contributed by atoms with Crippen molar-refractivity contribution in [3.8, 4) is 0 Å². The second-order valence-corrected chi connectivity index (χ2v) is 4.80. The molecular formula is C13H21NO2. The van der Waals surface area contributed by atoms with Gasteiger partial charge in [-0.05, 0) is 25.5 Å². The molecule has 1 rings (SSSR count). The Bertz CT molecular complexity index is 346. The molecule has 3 heteroatoms. The second kappa shape index (κ2) is 5.32. The van der Waals surface area contributed by atoms with Crippen molar-refractivity contribution >= 4 is 5.69 Å². The lowest BCUT2D eigenvalue weighted by Crippen LogP contribution is -2.34. The maximum absolute atomic E-state index is 9.18. The van der Waals surface area contributed by atoms with Crippen LogP contribution in [0.2, 0.25) is 0 Å². The van der Waals surface area contributed by atoms with Gasteiger partial charge in [0.25, 0.3) is 0 Å². The maximum Gasteiger partial charge on any atom is 0.0523 e. The topological polar surface area (TPSA) is 52.5 Å². The Labute approximate surface area is 97.1 Å². The predicted molar refractivity (Wildman–Crippen MR) is 66.7 cm³/mol. The summed E-state index contributed by atoms with van der Waals surface area (Å²) in [6.45, 7) is 6.46. The number of nitrogens with one attached hydrogen (secondary N) is 1. The molecule has 0 aliphatic carbocycles. The molecule has 90 valence electrons. The Kier molecular flexibility index (Phi) is 4.33. The average molecular weight is 223 g/mol. The summed E-state index contributed by atoms with van der Waals surface area (Å²) in [5.41, 5.74) is 2.99. The zero-order valence-electron chi connectivity index (χ0n) is 10.2. The first kappa shape index (κ1) is 13.0. The fourth-order valence-corrected chi connectivity index (χ4v) is 1.48. The van der Waals surface area contributed by atoms with E-state index in [0.717, 1.165) is 5.69 Å². The van der Waals surface area contributed by atoms with Crippen molar-refractivity contribution in [2.45, 2.75) is 20.8 Å². The molecule has 0 saturated carbocycles. The van der Waals surface area contributed by atoms with E-state index < -0.39 is 5.41 Å². The number of benzene rings is 1. The van der Waals surface area contributed by atoms with Crippen LogP contribution in [0.5, 0.6) is 0 Å². The number of hydrogen-bond donors (Lipinski definition) is 3. The third kappa shape index (κ3) is 3.22. The van der Waals surface area contributed by atoms with Gasteiger partial charge in [-0.1, -0.05) is 24.6 Å². The Morgan fingerprint density at radius 1 is 1.19 bits per heavy atom. The molecule has 0 radical (unpaired) electrons. The van der Waals surface area contributed by atoms with Crippen LogP contribution in [-0.4, -0.2) is 30.0 Å². The van der Waals surface area contributed by atoms with Crippen molar-refractivity contribution < 1.29 is 10.2 Å². The van der Waals surface area contributed by atoms with Gasteiger partial charge in [-0.15, -0.1) is 0 Å². The van der Waals surface area contributed by atoms with Crippen LogP contribution in [0.4, 0.5) is 5.69 Å². The zero-order chi connectivity index (χ0) is 12.2. The Balaban J connectivity index is 2.67. The molecule has 0 amide bonds. The standard InChI is InChI=1S/C13H21NO2/c1-10-4-5-12(11(2)6-10)14-7-13(3,8-15)9-16/h4-6,14-16H,7-9H2,1-3H3. The largest absolute Gasteiger partial charge is 0.396 e. The van der Waals surface area contributed by atoms with E-state index in [-0.39, 0.29) is 13.2 Å². The normalized spacial score (nSPS) is 11.6. The van der Waals surface area contributed by atoms with Gasteiger partial charge in [0.15, 0.2) is 0 Å². The molecule has 3 N–H and O–H groups in total. The molecule has 0 atom stereocenters. The summed E-state index contributed by atoms with van der Waals surface area (Å²) in [5.74, 6) is 0. The van der Waals surface area contributed by atoms with Crippen LogP contribution in [-0.2, 0) is 0 Å². The van der Waals surface area contributed by atoms with Crippen molar-refractivity contribution in [1.29, 1.82) is 0 Å². The van der Waals surface area contributed by atoms with E-state index >= 15 is 0 Å². The summed E-state index contributed by atoms with van der Waals surface area (Å²) in [7, 11) is 0. The van der Waals surface area contributed by atoms with Crippen LogP contribution in [0.25, 0.3) is 0 Å². The van der Waals surface area contributed by atoms with Crippen LogP contribution in [0.3, 0.4) is 0 Å². The molecule has 0 saturated heterocycles. The maximum atomic E-state index is 9.18. The van der Waals surface area contributed by atoms with E-state index in [9.17, 15) is 10.2 Å². The van der Waals surface area contributed by atoms with Gasteiger partial charge in [-0.25, -0.2) is 0 Å². The van der Waals surface area contributed by atoms with E-state index in [2.05, 4.69) is 18.3 Å². The van der Waals surface area contributed by atoms with Crippen LogP contribution in [0, 0.1) is 19.3 Å². The molecule has 3 nitrogen and oxygen atoms in total. The minimum Gasteiger partial charge on any atom is -0.396 e. The number of aryl methyl sites for hydroxylation is 2. The smallest absolute Gasteiger partial charge is 0.0523 e. The van der Waals surface area contributed by atoms with Crippen LogP contribution in [0.15, 0.2) is 18.2 Å². The molecular weight excluding hydrogens is 202 g/mol. The predicted octanol–water partition coefficient (Wildman–Crippen LogP) is 1.71. The Morgan fingerprint density at radius 3 is 2.31 bits per heavy atom. The molecule has 0 aliphatic heterocycles. The highest BCUT2D eigenvalue weighted by Gasteiger charge is 2.22. The molecule has 0 aromatic heterocycles. The third-order valence-electron chi connectivity index (χ3n) is 2.85. The Morgan fingerprint density at radius 2 is 1.81 bits per heavy atom. The van der Waals surface area contributed by atoms with E-state index in [0.29, 0.717) is 6.54 Å². The average Bonchev–Trinajstić information content (AvgIpc) is 2.27. The van der Waals surface area contributed by atoms with Gasteiger partial charge in [0.05, 0.1) is 13.2 Å². The minimum absolute atomic E-state index is 0.0264. The lowest BCUT2D eigenvalue weighted by Gasteiger charge is -2.26. The van der Waals surface area contributed by atoms with Crippen LogP contribution < -0.4 is 5.32 Å². The Hall–Kier alpha value is -1.06. The van der Waals surface area contributed by atoms with Crippen LogP contribution >= 0.6 is 0 Å². The van der Waals surface area contributed by atoms with Crippen molar-refractivity contribution in [2.75, 3.05) is 25.1 Å². The van der Waals surface area contributed by atoms with Gasteiger partial charge in [0.1, 0.15) is 0 Å². The van der Waals surface area contributed by atoms with Gasteiger partial charge < -0.3 is 15.5 Å². The first-order valence-electron chi connectivity index (χ1n) is 5.53. The minimum atomic E-state index is -0.475. The first-order chi connectivity index (χ1) is 7.50. The summed E-state index contributed by atoms with van der Waals surface area (Å²) in [6, 6.07) is 6.18. The fraction of sp³-hybridized carbons (Fsp3) is 0.538. The quantitative estimate of drug-likeness (QED) is 0.712. The van der Waals surface area contributed by atoms with Crippen molar-refractivity contribution in [1.82, 2.24) is 0 Å². The van der Waals surface area contributed by atoms with Crippen molar-refractivity contribution in [3.63, 3.8) is 0 Å². The lowest BCUT2D eigenvalue weighted by atomic mass is 9.93. The number of aliphatic hydroxyl groups is 2. The van der Waals surface area contributed by atoms with Crippen molar-refractivity contribution in [2.24, 2.45) is 5.41 Å². The molecule has 0 fully saturated rings. The molecule has 16 heavy (non-hydrogen) atoms. The summed E-state index contributed by atoms with van der Waals surface area (Å²) in [5, 5.41) is 21.6. The molecule has 1 aromatic carbocycles. The van der Waals surface area contributed by atoms with E-state index in [4.69, 9.17) is 0 Å². The molecule has 1 aromatic rings. The zero-order valence-corrected chi connectivity index (χ0v) is 10.2. The van der Waals surface area contributed by atoms with Gasteiger partial charge in [0.2, 0.25) is 0 Å². The van der Waals surface area contributed by atoms with Gasteiger partial charge in [-0.3, -0.25) is 0 Å². The monoisotopic (exact) mass is 223 g/mol. The van der Waals surface area contributed by atoms with Crippen LogP contribution in [0.1, 0.15) is 18.1 Å². The summed E-state index contributed by atoms with van der Waals surface area (Å²) < 4.78 is 0. The number of rotatable bonds is 5. The molecule has 0 spiro atoms. The van der Waals surface area contributed by atoms with Gasteiger partial charge in [-0.2, -0.15) is 0 Å². The number of hydrogen-bond acceptors (Lipinski definition) is 3. The first-order valence-corrected chi connectivity index (χ1v) is 5.53. The summed E-state index contributed by atoms with van der Waals surface area (Å²) in [4.78, 5) is 0. The molecule has 0 unspecified atom stereocenters. The fourth-order valence-electron chi connectivity index (χ4n) is 1.48. The number of anilines is 1. The van der Waals surface area contributed by atoms with E-state index in [1.807, 2.05) is 26.0 Å². The molecule has 0 bridgehead atoms. The van der Waals surface area contributed by atoms with E-state index in [1.54, 1.807) is 0 Å². The third-order valence-corrected chi connectivity index (χ3v) is 2.85. The summed E-state index contributed by atoms with van der Waals surface area (Å²) >= 11 is 0. The highest BCUT2D eigenvalue weighted by Crippen LogP contribution is 2.20.